The Hall–Kier alpha value is 0.846. The summed E-state index contributed by atoms with van der Waals surface area (Å²) >= 11 is -1.89. The lowest BCUT2D eigenvalue weighted by Gasteiger charge is -2.27. The van der Waals surface area contributed by atoms with Gasteiger partial charge in [-0.05, 0) is 45.7 Å². The Morgan fingerprint density at radius 2 is 1.31 bits per heavy atom. The molecule has 0 aliphatic rings. The van der Waals surface area contributed by atoms with E-state index in [1.165, 1.54) is 0 Å². The highest BCUT2D eigenvalue weighted by Crippen LogP contribution is 2.12. The molecule has 0 radical (unpaired) electrons. The fraction of sp³-hybridized carbons (Fsp3) is 1.00. The Balaban J connectivity index is 4.17. The van der Waals surface area contributed by atoms with Gasteiger partial charge in [0, 0.05) is 6.61 Å². The summed E-state index contributed by atoms with van der Waals surface area (Å²) in [5.74, 6) is 0. The number of hydrogen-bond acceptors (Lipinski definition) is 3. The van der Waals surface area contributed by atoms with E-state index in [4.69, 9.17) is 10.7 Å². The van der Waals surface area contributed by atoms with Crippen LogP contribution in [0.2, 0.25) is 39.3 Å². The van der Waals surface area contributed by atoms with Crippen LogP contribution in [-0.2, 0) is 10.7 Å². The maximum Gasteiger partial charge on any atom is 0.883 e. The van der Waals surface area contributed by atoms with Gasteiger partial charge in [0.15, 0.2) is 16.6 Å². The molecule has 3 nitrogen and oxygen atoms in total. The summed E-state index contributed by atoms with van der Waals surface area (Å²) in [4.78, 5) is 0. The third-order valence-electron chi connectivity index (χ3n) is 1.65. The van der Waals surface area contributed by atoms with Crippen molar-refractivity contribution in [1.29, 1.82) is 0 Å². The Morgan fingerprint density at radius 1 is 0.875 bits per heavy atom. The summed E-state index contributed by atoms with van der Waals surface area (Å²) in [6, 6.07) is 0. The fourth-order valence-corrected chi connectivity index (χ4v) is 7.14. The van der Waals surface area contributed by atoms with E-state index >= 15 is 0 Å². The number of hydrogen-bond donors (Lipinski definition) is 0. The topological polar surface area (TPSA) is 27.7 Å². The molecule has 0 aromatic rings. The molecule has 0 unspecified atom stereocenters. The zero-order valence-corrected chi connectivity index (χ0v) is 15.1. The largest absolute Gasteiger partial charge is 0.883 e. The second-order valence-corrected chi connectivity index (χ2v) is 17.2. The average molecular weight is 278 g/mol. The van der Waals surface area contributed by atoms with E-state index in [9.17, 15) is 0 Å². The van der Waals surface area contributed by atoms with Gasteiger partial charge < -0.3 is 10.7 Å². The van der Waals surface area contributed by atoms with Crippen LogP contribution >= 0.6 is 0 Å². The van der Waals surface area contributed by atoms with E-state index in [1.54, 1.807) is 0 Å². The first-order valence-corrected chi connectivity index (χ1v) is 14.3. The van der Waals surface area contributed by atoms with Gasteiger partial charge in [-0.2, -0.15) is 0 Å². The minimum atomic E-state index is -1.89. The van der Waals surface area contributed by atoms with Gasteiger partial charge in [0.25, 0.3) is 0 Å². The molecule has 0 bridgehead atoms. The lowest BCUT2D eigenvalue weighted by molar-refractivity contribution is 0.194. The Bertz CT molecular complexity index is 173. The summed E-state index contributed by atoms with van der Waals surface area (Å²) in [5, 5.41) is 0. The molecule has 0 saturated carbocycles. The van der Waals surface area contributed by atoms with Gasteiger partial charge in [0.1, 0.15) is 0 Å². The zero-order valence-electron chi connectivity index (χ0n) is 11.9. The van der Waals surface area contributed by atoms with Crippen LogP contribution in [0.15, 0.2) is 0 Å². The number of rotatable bonds is 8. The SMILES string of the molecule is CCCC[O][Al]([O][Si](C)(C)C)[O][Si](C)(C)C. The average Bonchev–Trinajstić information content (AvgIpc) is 1.97. The van der Waals surface area contributed by atoms with Crippen molar-refractivity contribution in [3.8, 4) is 0 Å². The maximum absolute atomic E-state index is 6.03. The zero-order chi connectivity index (χ0) is 12.8. The molecule has 0 fully saturated rings. The van der Waals surface area contributed by atoms with E-state index in [-0.39, 0.29) is 0 Å². The first-order chi connectivity index (χ1) is 7.14. The summed E-state index contributed by atoms with van der Waals surface area (Å²) in [6.07, 6.45) is 2.24. The molecule has 0 N–H and O–H groups in total. The Labute approximate surface area is 108 Å². The van der Waals surface area contributed by atoms with E-state index in [0.29, 0.717) is 0 Å². The normalized spacial score (nSPS) is 12.9. The molecule has 16 heavy (non-hydrogen) atoms. The van der Waals surface area contributed by atoms with Crippen molar-refractivity contribution in [2.45, 2.75) is 59.0 Å². The molecular weight excluding hydrogens is 251 g/mol. The number of unbranched alkanes of at least 4 members (excludes halogenated alkanes) is 1. The molecular formula is C10H27AlO3Si2. The first kappa shape index (κ1) is 16.8. The monoisotopic (exact) mass is 278 g/mol. The van der Waals surface area contributed by atoms with E-state index in [1.807, 2.05) is 0 Å². The van der Waals surface area contributed by atoms with Crippen LogP contribution < -0.4 is 0 Å². The van der Waals surface area contributed by atoms with Crippen molar-refractivity contribution in [3.05, 3.63) is 0 Å². The van der Waals surface area contributed by atoms with Crippen LogP contribution in [0.3, 0.4) is 0 Å². The van der Waals surface area contributed by atoms with Crippen LogP contribution in [0, 0.1) is 0 Å². The van der Waals surface area contributed by atoms with E-state index in [0.717, 1.165) is 19.4 Å². The van der Waals surface area contributed by atoms with Crippen molar-refractivity contribution in [1.82, 2.24) is 0 Å². The van der Waals surface area contributed by atoms with Gasteiger partial charge in [0.05, 0.1) is 0 Å². The van der Waals surface area contributed by atoms with Gasteiger partial charge in [-0.25, -0.2) is 0 Å². The van der Waals surface area contributed by atoms with Crippen LogP contribution in [-0.4, -0.2) is 38.4 Å². The van der Waals surface area contributed by atoms with Crippen LogP contribution in [0.5, 0.6) is 0 Å². The summed E-state index contributed by atoms with van der Waals surface area (Å²) in [5.41, 5.74) is 0. The van der Waals surface area contributed by atoms with Crippen molar-refractivity contribution in [2.75, 3.05) is 6.61 Å². The smallest absolute Gasteiger partial charge is 0.499 e. The maximum atomic E-state index is 6.03. The molecule has 0 aromatic carbocycles. The quantitative estimate of drug-likeness (QED) is 0.502. The molecule has 0 atom stereocenters. The Kier molecular flexibility index (Phi) is 7.71. The van der Waals surface area contributed by atoms with Crippen LogP contribution in [0.4, 0.5) is 0 Å². The summed E-state index contributed by atoms with van der Waals surface area (Å²) in [6.45, 7) is 16.1. The Morgan fingerprint density at radius 3 is 1.62 bits per heavy atom. The molecule has 0 heterocycles. The molecule has 0 amide bonds. The van der Waals surface area contributed by atoms with Gasteiger partial charge in [-0.15, -0.1) is 0 Å². The van der Waals surface area contributed by atoms with Crippen LogP contribution in [0.1, 0.15) is 19.8 Å². The highest BCUT2D eigenvalue weighted by Gasteiger charge is 2.39. The predicted molar refractivity (Wildman–Crippen MR) is 75.5 cm³/mol. The van der Waals surface area contributed by atoms with Crippen molar-refractivity contribution < 1.29 is 10.7 Å². The van der Waals surface area contributed by atoms with Crippen molar-refractivity contribution >= 4 is 31.8 Å². The summed E-state index contributed by atoms with van der Waals surface area (Å²) in [7, 11) is -3.09. The molecule has 0 aliphatic heterocycles. The van der Waals surface area contributed by atoms with Gasteiger partial charge in [-0.1, -0.05) is 13.3 Å². The molecule has 96 valence electrons. The van der Waals surface area contributed by atoms with Gasteiger partial charge >= 0.3 is 15.1 Å². The predicted octanol–water partition coefficient (Wildman–Crippen LogP) is 3.49. The highest BCUT2D eigenvalue weighted by molar-refractivity contribution is 6.79. The summed E-state index contributed by atoms with van der Waals surface area (Å²) < 4.78 is 17.9. The minimum Gasteiger partial charge on any atom is -0.499 e. The van der Waals surface area contributed by atoms with E-state index < -0.39 is 31.8 Å². The third-order valence-corrected chi connectivity index (χ3v) is 9.36. The lowest BCUT2D eigenvalue weighted by atomic mass is 10.4. The highest BCUT2D eigenvalue weighted by atomic mass is 28.4. The minimum absolute atomic E-state index is 0.780. The standard InChI is InChI=1S/C4H9O.2C3H9OSi.Al/c1-2-3-4-5;2*1-5(2,3)4;/h2-4H2,1H3;2*1-3H3;/q3*-1;+3. The van der Waals surface area contributed by atoms with E-state index in [2.05, 4.69) is 46.2 Å². The first-order valence-electron chi connectivity index (χ1n) is 6.11. The van der Waals surface area contributed by atoms with Crippen molar-refractivity contribution in [3.63, 3.8) is 0 Å². The van der Waals surface area contributed by atoms with Crippen LogP contribution in [0.25, 0.3) is 0 Å². The fourth-order valence-electron chi connectivity index (χ4n) is 0.993. The molecule has 0 saturated heterocycles. The van der Waals surface area contributed by atoms with Gasteiger partial charge in [0.2, 0.25) is 0 Å². The molecule has 6 heteroatoms. The molecule has 0 rings (SSSR count). The van der Waals surface area contributed by atoms with Crippen molar-refractivity contribution in [2.24, 2.45) is 0 Å². The third kappa shape index (κ3) is 11.3. The van der Waals surface area contributed by atoms with Gasteiger partial charge in [-0.3, -0.25) is 0 Å². The molecule has 0 aromatic heterocycles. The molecule has 0 spiro atoms. The lowest BCUT2D eigenvalue weighted by Crippen LogP contribution is -2.45. The molecule has 0 aliphatic carbocycles. The second-order valence-electron chi connectivity index (χ2n) is 5.97. The second kappa shape index (κ2) is 7.32.